The van der Waals surface area contributed by atoms with Crippen LogP contribution in [0.1, 0.15) is 0 Å². The number of thioether (sulfide) groups is 1. The molecule has 1 aromatic heterocycles. The number of pyridine rings is 1. The number of carboxylic acids is 1. The Balaban J connectivity index is 2.11. The third kappa shape index (κ3) is 3.32. The number of aromatic nitrogens is 1. The summed E-state index contributed by atoms with van der Waals surface area (Å²) >= 11 is 1.27. The Morgan fingerprint density at radius 1 is 1.18 bits per heavy atom. The predicted octanol–water partition coefficient (Wildman–Crippen LogP) is 2.93. The van der Waals surface area contributed by atoms with Gasteiger partial charge in [0.25, 0.3) is 0 Å². The molecule has 17 heavy (non-hydrogen) atoms. The van der Waals surface area contributed by atoms with Crippen LogP contribution in [0.15, 0.2) is 53.6 Å². The second-order valence-electron chi connectivity index (χ2n) is 3.43. The molecule has 0 fully saturated rings. The number of carboxylic acid groups (broad SMARTS) is 1. The van der Waals surface area contributed by atoms with Crippen LogP contribution >= 0.6 is 11.8 Å². The SMILES string of the molecule is O=C(O)CSc1ccc(-c2ccccc2)nc1. The zero-order valence-electron chi connectivity index (χ0n) is 9.04. The van der Waals surface area contributed by atoms with Crippen LogP contribution in [0.25, 0.3) is 11.3 Å². The number of nitrogens with zero attached hydrogens (tertiary/aromatic N) is 1. The van der Waals surface area contributed by atoms with E-state index in [1.807, 2.05) is 42.5 Å². The van der Waals surface area contributed by atoms with Crippen molar-refractivity contribution in [3.8, 4) is 11.3 Å². The second kappa shape index (κ2) is 5.50. The summed E-state index contributed by atoms with van der Waals surface area (Å²) in [6.45, 7) is 0. The molecule has 0 aliphatic heterocycles. The standard InChI is InChI=1S/C13H11NO2S/c15-13(16)9-17-11-6-7-12(14-8-11)10-4-2-1-3-5-10/h1-8H,9H2,(H,15,16). The van der Waals surface area contributed by atoms with E-state index in [1.54, 1.807) is 6.20 Å². The molecular weight excluding hydrogens is 234 g/mol. The van der Waals surface area contributed by atoms with Gasteiger partial charge in [0, 0.05) is 16.7 Å². The second-order valence-corrected chi connectivity index (χ2v) is 4.48. The molecule has 0 atom stereocenters. The van der Waals surface area contributed by atoms with Crippen molar-refractivity contribution in [1.82, 2.24) is 4.98 Å². The van der Waals surface area contributed by atoms with Gasteiger partial charge in [-0.25, -0.2) is 0 Å². The van der Waals surface area contributed by atoms with E-state index in [0.29, 0.717) is 0 Å². The van der Waals surface area contributed by atoms with Gasteiger partial charge < -0.3 is 5.11 Å². The molecule has 0 spiro atoms. The fourth-order valence-corrected chi connectivity index (χ4v) is 1.97. The van der Waals surface area contributed by atoms with Gasteiger partial charge in [-0.05, 0) is 12.1 Å². The molecule has 1 aromatic carbocycles. The van der Waals surface area contributed by atoms with Crippen LogP contribution < -0.4 is 0 Å². The summed E-state index contributed by atoms with van der Waals surface area (Å²) in [5, 5.41) is 8.57. The van der Waals surface area contributed by atoms with Crippen molar-refractivity contribution in [3.05, 3.63) is 48.7 Å². The van der Waals surface area contributed by atoms with Gasteiger partial charge in [-0.1, -0.05) is 30.3 Å². The van der Waals surface area contributed by atoms with Crippen molar-refractivity contribution < 1.29 is 9.90 Å². The molecule has 0 aliphatic rings. The van der Waals surface area contributed by atoms with Gasteiger partial charge >= 0.3 is 5.97 Å². The van der Waals surface area contributed by atoms with Crippen molar-refractivity contribution in [2.45, 2.75) is 4.90 Å². The quantitative estimate of drug-likeness (QED) is 0.841. The highest BCUT2D eigenvalue weighted by Gasteiger charge is 2.01. The minimum Gasteiger partial charge on any atom is -0.481 e. The third-order valence-corrected chi connectivity index (χ3v) is 3.13. The molecule has 2 rings (SSSR count). The van der Waals surface area contributed by atoms with Crippen molar-refractivity contribution in [3.63, 3.8) is 0 Å². The van der Waals surface area contributed by atoms with Crippen molar-refractivity contribution >= 4 is 17.7 Å². The summed E-state index contributed by atoms with van der Waals surface area (Å²) in [5.41, 5.74) is 1.95. The highest BCUT2D eigenvalue weighted by Crippen LogP contribution is 2.21. The largest absolute Gasteiger partial charge is 0.481 e. The van der Waals surface area contributed by atoms with Gasteiger partial charge in [-0.3, -0.25) is 9.78 Å². The van der Waals surface area contributed by atoms with E-state index in [0.717, 1.165) is 16.2 Å². The van der Waals surface area contributed by atoms with Crippen LogP contribution in [-0.4, -0.2) is 21.8 Å². The Hall–Kier alpha value is -1.81. The fourth-order valence-electron chi connectivity index (χ4n) is 1.39. The van der Waals surface area contributed by atoms with Gasteiger partial charge in [0.1, 0.15) is 0 Å². The average Bonchev–Trinajstić information content (AvgIpc) is 2.38. The number of aliphatic carboxylic acids is 1. The molecular formula is C13H11NO2S. The molecule has 1 N–H and O–H groups in total. The minimum absolute atomic E-state index is 0.0619. The zero-order chi connectivity index (χ0) is 12.1. The molecule has 2 aromatic rings. The highest BCUT2D eigenvalue weighted by atomic mass is 32.2. The van der Waals surface area contributed by atoms with Crippen molar-refractivity contribution in [1.29, 1.82) is 0 Å². The number of rotatable bonds is 4. The molecule has 0 aliphatic carbocycles. The number of benzene rings is 1. The highest BCUT2D eigenvalue weighted by molar-refractivity contribution is 8.00. The monoisotopic (exact) mass is 245 g/mol. The van der Waals surface area contributed by atoms with Gasteiger partial charge in [0.15, 0.2) is 0 Å². The molecule has 0 saturated carbocycles. The zero-order valence-corrected chi connectivity index (χ0v) is 9.85. The topological polar surface area (TPSA) is 50.2 Å². The van der Waals surface area contributed by atoms with Gasteiger partial charge in [0.05, 0.1) is 11.4 Å². The number of carbonyl (C=O) groups is 1. The first-order valence-corrected chi connectivity index (χ1v) is 6.10. The van der Waals surface area contributed by atoms with E-state index in [9.17, 15) is 4.79 Å². The lowest BCUT2D eigenvalue weighted by atomic mass is 10.1. The van der Waals surface area contributed by atoms with E-state index < -0.39 is 5.97 Å². The third-order valence-electron chi connectivity index (χ3n) is 2.17. The van der Waals surface area contributed by atoms with Crippen LogP contribution in [0.5, 0.6) is 0 Å². The summed E-state index contributed by atoms with van der Waals surface area (Å²) in [5.74, 6) is -0.756. The Bertz CT molecular complexity index is 497. The number of hydrogen-bond acceptors (Lipinski definition) is 3. The first kappa shape index (κ1) is 11.7. The summed E-state index contributed by atoms with van der Waals surface area (Å²) in [7, 11) is 0. The molecule has 1 heterocycles. The van der Waals surface area contributed by atoms with Crippen LogP contribution in [-0.2, 0) is 4.79 Å². The van der Waals surface area contributed by atoms with E-state index in [2.05, 4.69) is 4.98 Å². The maximum atomic E-state index is 10.4. The summed E-state index contributed by atoms with van der Waals surface area (Å²) < 4.78 is 0. The predicted molar refractivity (Wildman–Crippen MR) is 68.0 cm³/mol. The van der Waals surface area contributed by atoms with Gasteiger partial charge in [-0.15, -0.1) is 11.8 Å². The molecule has 86 valence electrons. The Morgan fingerprint density at radius 2 is 1.94 bits per heavy atom. The van der Waals surface area contributed by atoms with Gasteiger partial charge in [-0.2, -0.15) is 0 Å². The Morgan fingerprint density at radius 3 is 2.53 bits per heavy atom. The first-order valence-electron chi connectivity index (χ1n) is 5.12. The van der Waals surface area contributed by atoms with Crippen LogP contribution in [0.3, 0.4) is 0 Å². The summed E-state index contributed by atoms with van der Waals surface area (Å²) in [6.07, 6.45) is 1.70. The first-order chi connectivity index (χ1) is 8.25. The lowest BCUT2D eigenvalue weighted by Crippen LogP contribution is -1.97. The maximum absolute atomic E-state index is 10.4. The maximum Gasteiger partial charge on any atom is 0.313 e. The Labute approximate surface area is 104 Å². The molecule has 0 radical (unpaired) electrons. The molecule has 0 unspecified atom stereocenters. The van der Waals surface area contributed by atoms with E-state index in [4.69, 9.17) is 5.11 Å². The van der Waals surface area contributed by atoms with Crippen LogP contribution in [0, 0.1) is 0 Å². The van der Waals surface area contributed by atoms with Crippen LogP contribution in [0.4, 0.5) is 0 Å². The molecule has 4 heteroatoms. The van der Waals surface area contributed by atoms with E-state index >= 15 is 0 Å². The molecule has 0 bridgehead atoms. The minimum atomic E-state index is -0.817. The average molecular weight is 245 g/mol. The lowest BCUT2D eigenvalue weighted by Gasteiger charge is -2.02. The normalized spacial score (nSPS) is 10.1. The van der Waals surface area contributed by atoms with E-state index in [-0.39, 0.29) is 5.75 Å². The number of hydrogen-bond donors (Lipinski definition) is 1. The van der Waals surface area contributed by atoms with Crippen molar-refractivity contribution in [2.75, 3.05) is 5.75 Å². The molecule has 0 saturated heterocycles. The molecule has 0 amide bonds. The fraction of sp³-hybridized carbons (Fsp3) is 0.0769. The summed E-state index contributed by atoms with van der Waals surface area (Å²) in [4.78, 5) is 15.6. The van der Waals surface area contributed by atoms with Crippen LogP contribution in [0.2, 0.25) is 0 Å². The van der Waals surface area contributed by atoms with E-state index in [1.165, 1.54) is 11.8 Å². The Kier molecular flexibility index (Phi) is 3.77. The summed E-state index contributed by atoms with van der Waals surface area (Å²) in [6, 6.07) is 13.7. The van der Waals surface area contributed by atoms with Gasteiger partial charge in [0.2, 0.25) is 0 Å². The van der Waals surface area contributed by atoms with Crippen molar-refractivity contribution in [2.24, 2.45) is 0 Å². The molecule has 3 nitrogen and oxygen atoms in total. The lowest BCUT2D eigenvalue weighted by molar-refractivity contribution is -0.133. The smallest absolute Gasteiger partial charge is 0.313 e.